The Kier molecular flexibility index (Phi) is 1.72. The zero-order chi connectivity index (χ0) is 8.43. The lowest BCUT2D eigenvalue weighted by Crippen LogP contribution is -2.31. The van der Waals surface area contributed by atoms with Crippen LogP contribution in [0.2, 0.25) is 0 Å². The van der Waals surface area contributed by atoms with Crippen molar-refractivity contribution in [1.82, 2.24) is 5.32 Å². The van der Waals surface area contributed by atoms with Gasteiger partial charge >= 0.3 is 5.97 Å². The van der Waals surface area contributed by atoms with E-state index < -0.39 is 5.97 Å². The molecule has 1 heterocycles. The van der Waals surface area contributed by atoms with Crippen LogP contribution >= 0.6 is 0 Å². The Morgan fingerprint density at radius 2 is 2.27 bits per heavy atom. The Balaban J connectivity index is 2.95. The van der Waals surface area contributed by atoms with Gasteiger partial charge < -0.3 is 21.9 Å². The highest BCUT2D eigenvalue weighted by atomic mass is 16.4. The Hall–Kier alpha value is -1.65. The fraction of sp³-hybridized carbons (Fsp3) is 0.167. The van der Waals surface area contributed by atoms with Crippen molar-refractivity contribution < 1.29 is 9.90 Å². The van der Waals surface area contributed by atoms with E-state index in [0.717, 1.165) is 0 Å². The van der Waals surface area contributed by atoms with Crippen molar-refractivity contribution in [2.45, 2.75) is 0 Å². The lowest BCUT2D eigenvalue weighted by molar-refractivity contribution is -0.132. The van der Waals surface area contributed by atoms with Gasteiger partial charge in [-0.05, 0) is 0 Å². The van der Waals surface area contributed by atoms with Gasteiger partial charge in [0.2, 0.25) is 0 Å². The van der Waals surface area contributed by atoms with Gasteiger partial charge in [0.1, 0.15) is 0 Å². The summed E-state index contributed by atoms with van der Waals surface area (Å²) in [4.78, 5) is 10.4. The molecule has 0 spiro atoms. The SMILES string of the molecule is NC1=CC(N)=C(C(=O)O)CN1. The first-order chi connectivity index (χ1) is 5.11. The second-order valence-electron chi connectivity index (χ2n) is 2.19. The summed E-state index contributed by atoms with van der Waals surface area (Å²) in [6, 6.07) is 0. The molecule has 0 bridgehead atoms. The molecule has 0 fully saturated rings. The molecule has 0 aromatic heterocycles. The molecule has 0 amide bonds. The topological polar surface area (TPSA) is 101 Å². The van der Waals surface area contributed by atoms with E-state index >= 15 is 0 Å². The molecule has 11 heavy (non-hydrogen) atoms. The van der Waals surface area contributed by atoms with Crippen LogP contribution in [0.4, 0.5) is 0 Å². The maximum atomic E-state index is 10.4. The second kappa shape index (κ2) is 2.53. The molecule has 5 nitrogen and oxygen atoms in total. The van der Waals surface area contributed by atoms with Crippen LogP contribution < -0.4 is 16.8 Å². The molecule has 0 saturated heterocycles. The third-order valence-corrected chi connectivity index (χ3v) is 1.39. The number of nitrogens with two attached hydrogens (primary N) is 2. The van der Waals surface area contributed by atoms with E-state index in [1.165, 1.54) is 6.08 Å². The molecule has 0 saturated carbocycles. The normalized spacial score (nSPS) is 17.3. The van der Waals surface area contributed by atoms with Crippen LogP contribution in [0, 0.1) is 0 Å². The highest BCUT2D eigenvalue weighted by Crippen LogP contribution is 2.05. The van der Waals surface area contributed by atoms with Gasteiger partial charge in [0, 0.05) is 11.8 Å². The molecule has 6 N–H and O–H groups in total. The van der Waals surface area contributed by atoms with Gasteiger partial charge in [-0.15, -0.1) is 0 Å². The molecule has 0 atom stereocenters. The van der Waals surface area contributed by atoms with Crippen LogP contribution in [0.5, 0.6) is 0 Å². The molecule has 1 aliphatic heterocycles. The standard InChI is InChI=1S/C6H9N3O2/c7-4-1-5(8)9-2-3(4)6(10)11/h1,9H,2,7-8H2,(H,10,11). The maximum Gasteiger partial charge on any atom is 0.335 e. The number of carboxylic acids is 1. The molecule has 60 valence electrons. The molecule has 0 radical (unpaired) electrons. The van der Waals surface area contributed by atoms with Gasteiger partial charge in [-0.1, -0.05) is 0 Å². The minimum absolute atomic E-state index is 0.152. The van der Waals surface area contributed by atoms with Crippen LogP contribution in [0.15, 0.2) is 23.2 Å². The number of hydrogen-bond donors (Lipinski definition) is 4. The first-order valence-corrected chi connectivity index (χ1v) is 3.04. The Bertz CT molecular complexity index is 255. The van der Waals surface area contributed by atoms with E-state index in [4.69, 9.17) is 16.6 Å². The predicted molar refractivity (Wildman–Crippen MR) is 39.1 cm³/mol. The van der Waals surface area contributed by atoms with Crippen molar-refractivity contribution in [2.24, 2.45) is 11.5 Å². The molecule has 0 aromatic carbocycles. The van der Waals surface area contributed by atoms with Gasteiger partial charge in [-0.3, -0.25) is 0 Å². The predicted octanol–water partition coefficient (Wildman–Crippen LogP) is -1.31. The summed E-state index contributed by atoms with van der Waals surface area (Å²) >= 11 is 0. The summed E-state index contributed by atoms with van der Waals surface area (Å²) < 4.78 is 0. The van der Waals surface area contributed by atoms with E-state index in [2.05, 4.69) is 5.32 Å². The van der Waals surface area contributed by atoms with Gasteiger partial charge in [0.15, 0.2) is 0 Å². The number of carbonyl (C=O) groups is 1. The number of rotatable bonds is 1. The molecule has 0 aliphatic carbocycles. The zero-order valence-corrected chi connectivity index (χ0v) is 5.79. The van der Waals surface area contributed by atoms with E-state index in [9.17, 15) is 4.79 Å². The van der Waals surface area contributed by atoms with Gasteiger partial charge in [0.25, 0.3) is 0 Å². The van der Waals surface area contributed by atoms with Crippen molar-refractivity contribution in [2.75, 3.05) is 6.54 Å². The lowest BCUT2D eigenvalue weighted by Gasteiger charge is -2.13. The number of nitrogens with one attached hydrogen (secondary N) is 1. The molecule has 5 heteroatoms. The molecule has 0 aromatic rings. The Morgan fingerprint density at radius 1 is 1.64 bits per heavy atom. The third kappa shape index (κ3) is 1.43. The minimum Gasteiger partial charge on any atom is -0.478 e. The molecule has 1 rings (SSSR count). The summed E-state index contributed by atoms with van der Waals surface area (Å²) in [5.41, 5.74) is 11.1. The maximum absolute atomic E-state index is 10.4. The summed E-state index contributed by atoms with van der Waals surface area (Å²) in [5, 5.41) is 11.2. The number of allylic oxidation sites excluding steroid dienone is 1. The summed E-state index contributed by atoms with van der Waals surface area (Å²) in [5.74, 6) is -0.619. The Labute approximate surface area is 63.4 Å². The van der Waals surface area contributed by atoms with E-state index in [-0.39, 0.29) is 17.8 Å². The number of hydrogen-bond acceptors (Lipinski definition) is 4. The number of dihydropyridines is 1. The minimum atomic E-state index is -1.02. The lowest BCUT2D eigenvalue weighted by atomic mass is 10.1. The van der Waals surface area contributed by atoms with Crippen LogP contribution in [-0.4, -0.2) is 17.6 Å². The van der Waals surface area contributed by atoms with E-state index in [0.29, 0.717) is 5.82 Å². The largest absolute Gasteiger partial charge is 0.478 e. The molecule has 1 aliphatic rings. The van der Waals surface area contributed by atoms with Gasteiger partial charge in [-0.2, -0.15) is 0 Å². The van der Waals surface area contributed by atoms with Crippen LogP contribution in [0.1, 0.15) is 0 Å². The average molecular weight is 155 g/mol. The Morgan fingerprint density at radius 3 is 2.73 bits per heavy atom. The van der Waals surface area contributed by atoms with Crippen molar-refractivity contribution in [3.8, 4) is 0 Å². The van der Waals surface area contributed by atoms with Gasteiger partial charge in [-0.25, -0.2) is 4.79 Å². The fourth-order valence-corrected chi connectivity index (χ4v) is 0.797. The molecular formula is C6H9N3O2. The third-order valence-electron chi connectivity index (χ3n) is 1.39. The molecular weight excluding hydrogens is 146 g/mol. The number of carboxylic acid groups (broad SMARTS) is 1. The zero-order valence-electron chi connectivity index (χ0n) is 5.79. The van der Waals surface area contributed by atoms with E-state index in [1.807, 2.05) is 0 Å². The van der Waals surface area contributed by atoms with Crippen molar-refractivity contribution >= 4 is 5.97 Å². The van der Waals surface area contributed by atoms with Crippen molar-refractivity contribution in [3.63, 3.8) is 0 Å². The van der Waals surface area contributed by atoms with Crippen molar-refractivity contribution in [3.05, 3.63) is 23.2 Å². The van der Waals surface area contributed by atoms with E-state index in [1.54, 1.807) is 0 Å². The average Bonchev–Trinajstić information content (AvgIpc) is 1.85. The second-order valence-corrected chi connectivity index (χ2v) is 2.19. The summed E-state index contributed by atoms with van der Waals surface area (Å²) in [6.45, 7) is 0.184. The summed E-state index contributed by atoms with van der Waals surface area (Å²) in [7, 11) is 0. The van der Waals surface area contributed by atoms with Crippen LogP contribution in [0.25, 0.3) is 0 Å². The van der Waals surface area contributed by atoms with Crippen LogP contribution in [-0.2, 0) is 4.79 Å². The van der Waals surface area contributed by atoms with Crippen LogP contribution in [0.3, 0.4) is 0 Å². The first kappa shape index (κ1) is 7.46. The molecule has 0 unspecified atom stereocenters. The highest BCUT2D eigenvalue weighted by Gasteiger charge is 2.14. The van der Waals surface area contributed by atoms with Gasteiger partial charge in [0.05, 0.1) is 17.9 Å². The smallest absolute Gasteiger partial charge is 0.335 e. The van der Waals surface area contributed by atoms with Crippen molar-refractivity contribution in [1.29, 1.82) is 0 Å². The first-order valence-electron chi connectivity index (χ1n) is 3.04. The fourth-order valence-electron chi connectivity index (χ4n) is 0.797. The quantitative estimate of drug-likeness (QED) is 0.376. The monoisotopic (exact) mass is 155 g/mol. The number of aliphatic carboxylic acids is 1. The highest BCUT2D eigenvalue weighted by molar-refractivity contribution is 5.88. The summed E-state index contributed by atoms with van der Waals surface area (Å²) in [6.07, 6.45) is 1.40.